The summed E-state index contributed by atoms with van der Waals surface area (Å²) in [5.41, 5.74) is 5.07. The molecule has 1 aliphatic carbocycles. The molecule has 1 saturated carbocycles. The number of thiazole rings is 1. The maximum atomic E-state index is 4.93. The Balaban J connectivity index is 1.70. The smallest absolute Gasteiger partial charge is 0.134 e. The van der Waals surface area contributed by atoms with Crippen LogP contribution in [-0.4, -0.2) is 21.5 Å². The van der Waals surface area contributed by atoms with Gasteiger partial charge in [-0.1, -0.05) is 6.42 Å². The SMILES string of the molecule is Cc1nc(Cc2nc3c(c(C4CCC4)n2)CNCC3)cs1. The molecule has 0 radical (unpaired) electrons. The first-order valence-electron chi connectivity index (χ1n) is 7.80. The van der Waals surface area contributed by atoms with Crippen LogP contribution in [0.2, 0.25) is 0 Å². The Bertz CT molecular complexity index is 660. The van der Waals surface area contributed by atoms with Crippen molar-refractivity contribution in [1.29, 1.82) is 0 Å². The zero-order valence-electron chi connectivity index (χ0n) is 12.4. The van der Waals surface area contributed by atoms with Gasteiger partial charge in [-0.3, -0.25) is 0 Å². The highest BCUT2D eigenvalue weighted by Crippen LogP contribution is 2.38. The molecule has 2 aliphatic rings. The van der Waals surface area contributed by atoms with Gasteiger partial charge in [-0.05, 0) is 19.8 Å². The zero-order valence-corrected chi connectivity index (χ0v) is 13.2. The molecule has 4 rings (SSSR count). The van der Waals surface area contributed by atoms with Crippen LogP contribution in [0, 0.1) is 6.92 Å². The minimum absolute atomic E-state index is 0.664. The number of rotatable bonds is 3. The Hall–Kier alpha value is -1.33. The maximum Gasteiger partial charge on any atom is 0.134 e. The van der Waals surface area contributed by atoms with E-state index >= 15 is 0 Å². The molecule has 1 fully saturated rings. The molecule has 110 valence electrons. The van der Waals surface area contributed by atoms with E-state index in [9.17, 15) is 0 Å². The van der Waals surface area contributed by atoms with E-state index < -0.39 is 0 Å². The quantitative estimate of drug-likeness (QED) is 0.947. The van der Waals surface area contributed by atoms with Crippen molar-refractivity contribution in [1.82, 2.24) is 20.3 Å². The van der Waals surface area contributed by atoms with Gasteiger partial charge in [0.25, 0.3) is 0 Å². The van der Waals surface area contributed by atoms with Crippen molar-refractivity contribution in [3.8, 4) is 0 Å². The van der Waals surface area contributed by atoms with Gasteiger partial charge in [0, 0.05) is 36.4 Å². The highest BCUT2D eigenvalue weighted by atomic mass is 32.1. The van der Waals surface area contributed by atoms with Gasteiger partial charge in [0.05, 0.1) is 28.5 Å². The fraction of sp³-hybridized carbons (Fsp3) is 0.562. The van der Waals surface area contributed by atoms with Crippen LogP contribution >= 0.6 is 11.3 Å². The first-order chi connectivity index (χ1) is 10.3. The Morgan fingerprint density at radius 1 is 1.29 bits per heavy atom. The fourth-order valence-corrected chi connectivity index (χ4v) is 3.78. The lowest BCUT2D eigenvalue weighted by molar-refractivity contribution is 0.402. The molecule has 0 unspecified atom stereocenters. The van der Waals surface area contributed by atoms with Crippen molar-refractivity contribution in [3.05, 3.63) is 38.9 Å². The summed E-state index contributed by atoms with van der Waals surface area (Å²) in [6.45, 7) is 4.02. The van der Waals surface area contributed by atoms with Crippen molar-refractivity contribution < 1.29 is 0 Å². The average Bonchev–Trinajstić information content (AvgIpc) is 2.82. The zero-order chi connectivity index (χ0) is 14.2. The lowest BCUT2D eigenvalue weighted by atomic mass is 9.80. The van der Waals surface area contributed by atoms with Gasteiger partial charge in [-0.15, -0.1) is 11.3 Å². The molecule has 1 N–H and O–H groups in total. The number of hydrogen-bond acceptors (Lipinski definition) is 5. The van der Waals surface area contributed by atoms with Gasteiger partial charge in [-0.25, -0.2) is 15.0 Å². The van der Waals surface area contributed by atoms with Gasteiger partial charge >= 0.3 is 0 Å². The number of nitrogens with one attached hydrogen (secondary N) is 1. The van der Waals surface area contributed by atoms with Gasteiger partial charge < -0.3 is 5.32 Å². The van der Waals surface area contributed by atoms with E-state index in [1.165, 1.54) is 36.2 Å². The molecule has 5 heteroatoms. The second kappa shape index (κ2) is 5.46. The molecular weight excluding hydrogens is 280 g/mol. The minimum atomic E-state index is 0.664. The van der Waals surface area contributed by atoms with E-state index in [2.05, 4.69) is 15.7 Å². The van der Waals surface area contributed by atoms with Crippen LogP contribution in [0.15, 0.2) is 5.38 Å². The Morgan fingerprint density at radius 2 is 2.19 bits per heavy atom. The molecule has 3 heterocycles. The standard InChI is InChI=1S/C16H20N4S/c1-10-18-12(9-21-10)7-15-19-14-5-6-17-8-13(14)16(20-15)11-3-2-4-11/h9,11,17H,2-8H2,1H3. The number of hydrogen-bond donors (Lipinski definition) is 1. The largest absolute Gasteiger partial charge is 0.312 e. The van der Waals surface area contributed by atoms with Crippen LogP contribution in [0.4, 0.5) is 0 Å². The van der Waals surface area contributed by atoms with E-state index in [4.69, 9.17) is 9.97 Å². The van der Waals surface area contributed by atoms with Crippen LogP contribution in [0.25, 0.3) is 0 Å². The topological polar surface area (TPSA) is 50.7 Å². The third kappa shape index (κ3) is 2.60. The van der Waals surface area contributed by atoms with Crippen LogP contribution in [0.1, 0.15) is 58.7 Å². The summed E-state index contributed by atoms with van der Waals surface area (Å²) < 4.78 is 0. The maximum absolute atomic E-state index is 4.93. The van der Waals surface area contributed by atoms with Gasteiger partial charge in [-0.2, -0.15) is 0 Å². The molecule has 0 saturated heterocycles. The van der Waals surface area contributed by atoms with E-state index in [0.717, 1.165) is 42.5 Å². The summed E-state index contributed by atoms with van der Waals surface area (Å²) >= 11 is 1.70. The summed E-state index contributed by atoms with van der Waals surface area (Å²) in [5, 5.41) is 6.71. The van der Waals surface area contributed by atoms with E-state index in [1.807, 2.05) is 6.92 Å². The van der Waals surface area contributed by atoms with Crippen molar-refractivity contribution >= 4 is 11.3 Å². The molecule has 4 nitrogen and oxygen atoms in total. The third-order valence-corrected chi connectivity index (χ3v) is 5.33. The fourth-order valence-electron chi connectivity index (χ4n) is 3.17. The summed E-state index contributed by atoms with van der Waals surface area (Å²) in [4.78, 5) is 14.3. The lowest BCUT2D eigenvalue weighted by Gasteiger charge is -2.29. The Kier molecular flexibility index (Phi) is 3.47. The average molecular weight is 300 g/mol. The van der Waals surface area contributed by atoms with Gasteiger partial charge in [0.1, 0.15) is 5.82 Å². The Labute approximate surface area is 129 Å². The molecule has 0 bridgehead atoms. The monoisotopic (exact) mass is 300 g/mol. The number of aromatic nitrogens is 3. The summed E-state index contributed by atoms with van der Waals surface area (Å²) in [7, 11) is 0. The molecule has 0 atom stereocenters. The molecule has 0 amide bonds. The van der Waals surface area contributed by atoms with E-state index in [1.54, 1.807) is 11.3 Å². The van der Waals surface area contributed by atoms with Gasteiger partial charge in [0.2, 0.25) is 0 Å². The van der Waals surface area contributed by atoms with Crippen molar-refractivity contribution in [2.45, 2.75) is 51.5 Å². The molecule has 0 spiro atoms. The van der Waals surface area contributed by atoms with Crippen molar-refractivity contribution in [3.63, 3.8) is 0 Å². The Morgan fingerprint density at radius 3 is 2.90 bits per heavy atom. The first-order valence-corrected chi connectivity index (χ1v) is 8.68. The molecule has 2 aromatic rings. The van der Waals surface area contributed by atoms with Crippen LogP contribution < -0.4 is 5.32 Å². The number of nitrogens with zero attached hydrogens (tertiary/aromatic N) is 3. The van der Waals surface area contributed by atoms with E-state index in [-0.39, 0.29) is 0 Å². The highest BCUT2D eigenvalue weighted by molar-refractivity contribution is 7.09. The minimum Gasteiger partial charge on any atom is -0.312 e. The predicted octanol–water partition coefficient (Wildman–Crippen LogP) is 2.75. The third-order valence-electron chi connectivity index (χ3n) is 4.51. The lowest BCUT2D eigenvalue weighted by Crippen LogP contribution is -2.29. The number of aryl methyl sites for hydroxylation is 1. The predicted molar refractivity (Wildman–Crippen MR) is 83.7 cm³/mol. The highest BCUT2D eigenvalue weighted by Gasteiger charge is 2.27. The van der Waals surface area contributed by atoms with Crippen LogP contribution in [-0.2, 0) is 19.4 Å². The first kappa shape index (κ1) is 13.3. The van der Waals surface area contributed by atoms with Crippen molar-refractivity contribution in [2.24, 2.45) is 0 Å². The molecule has 1 aliphatic heterocycles. The second-order valence-corrected chi connectivity index (χ2v) is 7.10. The molecule has 21 heavy (non-hydrogen) atoms. The number of fused-ring (bicyclic) bond motifs is 1. The van der Waals surface area contributed by atoms with Gasteiger partial charge in [0.15, 0.2) is 0 Å². The summed E-state index contributed by atoms with van der Waals surface area (Å²) in [6.07, 6.45) is 5.72. The molecule has 2 aromatic heterocycles. The summed E-state index contributed by atoms with van der Waals surface area (Å²) in [6, 6.07) is 0. The van der Waals surface area contributed by atoms with Crippen LogP contribution in [0.5, 0.6) is 0 Å². The van der Waals surface area contributed by atoms with Crippen molar-refractivity contribution in [2.75, 3.05) is 6.54 Å². The van der Waals surface area contributed by atoms with E-state index in [0.29, 0.717) is 5.92 Å². The molecule has 0 aromatic carbocycles. The van der Waals surface area contributed by atoms with Crippen LogP contribution in [0.3, 0.4) is 0 Å². The normalized spacial score (nSPS) is 18.3. The summed E-state index contributed by atoms with van der Waals surface area (Å²) in [5.74, 6) is 1.63. The molecular formula is C16H20N4S. The second-order valence-electron chi connectivity index (χ2n) is 6.04.